The molecule has 3 rings (SSSR count). The molecule has 1 unspecified atom stereocenters. The molecule has 27 heavy (non-hydrogen) atoms. The molecule has 0 fully saturated rings. The SMILES string of the molecule is CCOC(=O)C1=C(C)OC(N)=C(C#N)C1c1cccc(Cn2cncn2)c1. The summed E-state index contributed by atoms with van der Waals surface area (Å²) in [4.78, 5) is 16.5. The summed E-state index contributed by atoms with van der Waals surface area (Å²) in [6, 6.07) is 9.63. The molecule has 8 heteroatoms. The monoisotopic (exact) mass is 365 g/mol. The van der Waals surface area contributed by atoms with E-state index in [2.05, 4.69) is 16.2 Å². The number of esters is 1. The summed E-state index contributed by atoms with van der Waals surface area (Å²) in [6.45, 7) is 4.09. The number of benzene rings is 1. The second kappa shape index (κ2) is 7.74. The van der Waals surface area contributed by atoms with E-state index < -0.39 is 11.9 Å². The van der Waals surface area contributed by atoms with Gasteiger partial charge in [0.2, 0.25) is 5.88 Å². The molecule has 1 aromatic heterocycles. The number of nitrogens with zero attached hydrogens (tertiary/aromatic N) is 4. The lowest BCUT2D eigenvalue weighted by Crippen LogP contribution is -2.25. The molecule has 8 nitrogen and oxygen atoms in total. The topological polar surface area (TPSA) is 116 Å². The number of nitriles is 1. The third-order valence-electron chi connectivity index (χ3n) is 4.20. The van der Waals surface area contributed by atoms with Gasteiger partial charge in [0.1, 0.15) is 30.1 Å². The molecule has 0 spiro atoms. The molecule has 0 bridgehead atoms. The maximum atomic E-state index is 12.5. The fourth-order valence-corrected chi connectivity index (χ4v) is 3.06. The molecule has 1 aliphatic heterocycles. The van der Waals surface area contributed by atoms with Crippen molar-refractivity contribution < 1.29 is 14.3 Å². The van der Waals surface area contributed by atoms with Crippen LogP contribution in [0.4, 0.5) is 0 Å². The summed E-state index contributed by atoms with van der Waals surface area (Å²) >= 11 is 0. The average Bonchev–Trinajstić information content (AvgIpc) is 3.14. The van der Waals surface area contributed by atoms with Crippen LogP contribution >= 0.6 is 0 Å². The average molecular weight is 365 g/mol. The number of hydrogen-bond acceptors (Lipinski definition) is 7. The lowest BCUT2D eigenvalue weighted by molar-refractivity contribution is -0.139. The quantitative estimate of drug-likeness (QED) is 0.805. The first-order valence-electron chi connectivity index (χ1n) is 8.41. The maximum Gasteiger partial charge on any atom is 0.338 e. The van der Waals surface area contributed by atoms with E-state index in [0.717, 1.165) is 11.1 Å². The first kappa shape index (κ1) is 18.2. The minimum absolute atomic E-state index is 0.00488. The van der Waals surface area contributed by atoms with Crippen molar-refractivity contribution in [3.63, 3.8) is 0 Å². The van der Waals surface area contributed by atoms with E-state index in [1.165, 1.54) is 6.33 Å². The van der Waals surface area contributed by atoms with Crippen molar-refractivity contribution in [1.82, 2.24) is 14.8 Å². The Morgan fingerprint density at radius 3 is 2.96 bits per heavy atom. The van der Waals surface area contributed by atoms with Gasteiger partial charge in [-0.25, -0.2) is 14.5 Å². The van der Waals surface area contributed by atoms with Crippen LogP contribution in [0.1, 0.15) is 30.9 Å². The summed E-state index contributed by atoms with van der Waals surface area (Å²) in [5.74, 6) is -0.855. The summed E-state index contributed by atoms with van der Waals surface area (Å²) in [5, 5.41) is 13.7. The number of ether oxygens (including phenoxy) is 2. The lowest BCUT2D eigenvalue weighted by atomic mass is 9.82. The molecule has 0 saturated heterocycles. The fraction of sp³-hybridized carbons (Fsp3) is 0.263. The van der Waals surface area contributed by atoms with Crippen molar-refractivity contribution in [2.75, 3.05) is 6.61 Å². The highest BCUT2D eigenvalue weighted by molar-refractivity contribution is 5.92. The molecule has 1 aliphatic rings. The van der Waals surface area contributed by atoms with Crippen LogP contribution in [0.3, 0.4) is 0 Å². The van der Waals surface area contributed by atoms with Crippen LogP contribution in [0, 0.1) is 11.3 Å². The standard InChI is InChI=1S/C19H19N5O3/c1-3-26-19(25)16-12(2)27-18(21)15(8-20)17(16)14-6-4-5-13(7-14)9-24-11-22-10-23-24/h4-7,10-11,17H,3,9,21H2,1-2H3. The van der Waals surface area contributed by atoms with Crippen molar-refractivity contribution >= 4 is 5.97 Å². The molecule has 2 N–H and O–H groups in total. The third kappa shape index (κ3) is 3.67. The minimum atomic E-state index is -0.654. The Bertz CT molecular complexity index is 954. The van der Waals surface area contributed by atoms with Crippen LogP contribution < -0.4 is 5.73 Å². The smallest absolute Gasteiger partial charge is 0.338 e. The summed E-state index contributed by atoms with van der Waals surface area (Å²) < 4.78 is 12.3. The van der Waals surface area contributed by atoms with Crippen molar-refractivity contribution in [1.29, 1.82) is 5.26 Å². The third-order valence-corrected chi connectivity index (χ3v) is 4.20. The van der Waals surface area contributed by atoms with Gasteiger partial charge in [-0.15, -0.1) is 0 Å². The molecule has 0 amide bonds. The highest BCUT2D eigenvalue weighted by Gasteiger charge is 2.36. The zero-order valence-electron chi connectivity index (χ0n) is 15.0. The molecule has 138 valence electrons. The molecule has 0 aliphatic carbocycles. The Hall–Kier alpha value is -3.60. The van der Waals surface area contributed by atoms with Crippen molar-refractivity contribution in [3.05, 3.63) is 70.8 Å². The number of allylic oxidation sites excluding steroid dienone is 2. The predicted octanol–water partition coefficient (Wildman–Crippen LogP) is 1.97. The van der Waals surface area contributed by atoms with Crippen molar-refractivity contribution in [2.24, 2.45) is 5.73 Å². The van der Waals surface area contributed by atoms with E-state index in [-0.39, 0.29) is 23.6 Å². The van der Waals surface area contributed by atoms with Crippen molar-refractivity contribution in [3.8, 4) is 6.07 Å². The van der Waals surface area contributed by atoms with Crippen LogP contribution in [0.25, 0.3) is 0 Å². The number of carbonyl (C=O) groups is 1. The number of carbonyl (C=O) groups excluding carboxylic acids is 1. The first-order valence-corrected chi connectivity index (χ1v) is 8.41. The number of aromatic nitrogens is 3. The Labute approximate surface area is 156 Å². The van der Waals surface area contributed by atoms with Gasteiger partial charge in [0.05, 0.1) is 24.6 Å². The minimum Gasteiger partial charge on any atom is -0.463 e. The number of rotatable bonds is 5. The van der Waals surface area contributed by atoms with Crippen LogP contribution in [0.2, 0.25) is 0 Å². The molecule has 0 saturated carbocycles. The van der Waals surface area contributed by atoms with Gasteiger partial charge in [0.15, 0.2) is 0 Å². The van der Waals surface area contributed by atoms with E-state index in [1.54, 1.807) is 24.9 Å². The van der Waals surface area contributed by atoms with Crippen molar-refractivity contribution in [2.45, 2.75) is 26.3 Å². The summed E-state index contributed by atoms with van der Waals surface area (Å²) in [7, 11) is 0. The molecule has 1 atom stereocenters. The van der Waals surface area contributed by atoms with Gasteiger partial charge in [-0.2, -0.15) is 10.4 Å². The molecule has 1 aromatic carbocycles. The van der Waals surface area contributed by atoms with Crippen LogP contribution in [0.5, 0.6) is 0 Å². The molecule has 0 radical (unpaired) electrons. The maximum absolute atomic E-state index is 12.5. The van der Waals surface area contributed by atoms with E-state index in [0.29, 0.717) is 12.3 Å². The predicted molar refractivity (Wildman–Crippen MR) is 95.6 cm³/mol. The van der Waals surface area contributed by atoms with Gasteiger partial charge in [-0.05, 0) is 25.0 Å². The highest BCUT2D eigenvalue weighted by Crippen LogP contribution is 2.39. The molecular weight excluding hydrogens is 346 g/mol. The molecular formula is C19H19N5O3. The second-order valence-electron chi connectivity index (χ2n) is 5.95. The summed E-state index contributed by atoms with van der Waals surface area (Å²) in [6.07, 6.45) is 3.08. The van der Waals surface area contributed by atoms with E-state index >= 15 is 0 Å². The number of nitrogens with two attached hydrogens (primary N) is 1. The largest absolute Gasteiger partial charge is 0.463 e. The Morgan fingerprint density at radius 2 is 2.30 bits per heavy atom. The lowest BCUT2D eigenvalue weighted by Gasteiger charge is -2.27. The Balaban J connectivity index is 2.05. The zero-order valence-corrected chi connectivity index (χ0v) is 15.0. The van der Waals surface area contributed by atoms with Gasteiger partial charge >= 0.3 is 5.97 Å². The van der Waals surface area contributed by atoms with Gasteiger partial charge in [0.25, 0.3) is 0 Å². The Kier molecular flexibility index (Phi) is 5.22. The van der Waals surface area contributed by atoms with Gasteiger partial charge in [-0.1, -0.05) is 24.3 Å². The fourth-order valence-electron chi connectivity index (χ4n) is 3.06. The zero-order chi connectivity index (χ0) is 19.4. The van der Waals surface area contributed by atoms with Gasteiger partial charge in [-0.3, -0.25) is 0 Å². The number of hydrogen-bond donors (Lipinski definition) is 1. The Morgan fingerprint density at radius 1 is 1.48 bits per heavy atom. The van der Waals surface area contributed by atoms with Gasteiger partial charge < -0.3 is 15.2 Å². The first-order chi connectivity index (χ1) is 13.0. The highest BCUT2D eigenvalue weighted by atomic mass is 16.5. The van der Waals surface area contributed by atoms with E-state index in [9.17, 15) is 10.1 Å². The molecule has 2 aromatic rings. The van der Waals surface area contributed by atoms with Crippen LogP contribution in [-0.4, -0.2) is 27.3 Å². The van der Waals surface area contributed by atoms with Gasteiger partial charge in [0, 0.05) is 0 Å². The van der Waals surface area contributed by atoms with E-state index in [1.807, 2.05) is 24.3 Å². The van der Waals surface area contributed by atoms with E-state index in [4.69, 9.17) is 15.2 Å². The second-order valence-corrected chi connectivity index (χ2v) is 5.95. The van der Waals surface area contributed by atoms with Crippen LogP contribution in [-0.2, 0) is 20.8 Å². The molecule has 2 heterocycles. The summed E-state index contributed by atoms with van der Waals surface area (Å²) in [5.41, 5.74) is 8.07. The van der Waals surface area contributed by atoms with Crippen LogP contribution in [0.15, 0.2) is 59.7 Å². The normalized spacial score (nSPS) is 16.7.